The van der Waals surface area contributed by atoms with E-state index in [9.17, 15) is 18.0 Å². The Balaban J connectivity index is 1.74. The number of aryl methyl sites for hydroxylation is 1. The summed E-state index contributed by atoms with van der Waals surface area (Å²) in [6.45, 7) is 5.23. The predicted octanol–water partition coefficient (Wildman–Crippen LogP) is 3.35. The van der Waals surface area contributed by atoms with E-state index in [4.69, 9.17) is 0 Å². The van der Waals surface area contributed by atoms with Crippen LogP contribution in [0.4, 0.5) is 35.4 Å². The molecule has 0 saturated heterocycles. The van der Waals surface area contributed by atoms with E-state index in [0.717, 1.165) is 17.8 Å². The van der Waals surface area contributed by atoms with E-state index in [-0.39, 0.29) is 5.75 Å². The molecule has 4 N–H and O–H groups in total. The zero-order valence-electron chi connectivity index (χ0n) is 15.4. The normalized spacial score (nSPS) is 10.9. The van der Waals surface area contributed by atoms with Crippen molar-refractivity contribution in [3.05, 3.63) is 36.0 Å². The molecular weight excluding hydrogens is 377 g/mol. The molecule has 0 aliphatic heterocycles. The second kappa shape index (κ2) is 9.62. The Morgan fingerprint density at radius 2 is 1.82 bits per heavy atom. The van der Waals surface area contributed by atoms with E-state index in [1.165, 1.54) is 12.1 Å². The second-order valence-corrected chi connectivity index (χ2v) is 5.63. The molecule has 0 bridgehead atoms. The number of rotatable bonds is 8. The van der Waals surface area contributed by atoms with Gasteiger partial charge >= 0.3 is 12.4 Å². The van der Waals surface area contributed by atoms with Crippen molar-refractivity contribution in [2.45, 2.75) is 20.2 Å². The van der Waals surface area contributed by atoms with E-state index < -0.39 is 12.4 Å². The second-order valence-electron chi connectivity index (χ2n) is 5.63. The quantitative estimate of drug-likeness (QED) is 0.509. The summed E-state index contributed by atoms with van der Waals surface area (Å²) < 4.78 is 40.1. The molecule has 0 unspecified atom stereocenters. The third kappa shape index (κ3) is 7.56. The number of carbonyl (C=O) groups is 1. The van der Waals surface area contributed by atoms with Gasteiger partial charge in [0.05, 0.1) is 0 Å². The van der Waals surface area contributed by atoms with Crippen LogP contribution in [0.25, 0.3) is 0 Å². The van der Waals surface area contributed by atoms with Gasteiger partial charge in [-0.3, -0.25) is 0 Å². The van der Waals surface area contributed by atoms with Gasteiger partial charge in [-0.05, 0) is 38.1 Å². The topological polar surface area (TPSA) is 100 Å². The van der Waals surface area contributed by atoms with Crippen molar-refractivity contribution < 1.29 is 22.7 Å². The summed E-state index contributed by atoms with van der Waals surface area (Å²) in [5.41, 5.74) is 1.14. The summed E-state index contributed by atoms with van der Waals surface area (Å²) in [7, 11) is 0. The van der Waals surface area contributed by atoms with Gasteiger partial charge in [-0.25, -0.2) is 9.78 Å². The highest BCUT2D eigenvalue weighted by molar-refractivity contribution is 5.89. The molecule has 0 saturated carbocycles. The number of amides is 2. The third-order valence-electron chi connectivity index (χ3n) is 3.25. The van der Waals surface area contributed by atoms with Crippen molar-refractivity contribution in [3.8, 4) is 5.75 Å². The standard InChI is InChI=1S/C17H21F3N6O2/c1-3-21-15-24-11(2)10-14(26-15)22-8-9-23-16(27)25-12-4-6-13(7-5-12)28-17(18,19)20/h4-7,10H,3,8-9H2,1-2H3,(H2,23,25,27)(H2,21,22,24,26). The lowest BCUT2D eigenvalue weighted by atomic mass is 10.3. The molecule has 2 aromatic rings. The molecule has 8 nitrogen and oxygen atoms in total. The molecule has 0 atom stereocenters. The summed E-state index contributed by atoms with van der Waals surface area (Å²) >= 11 is 0. The van der Waals surface area contributed by atoms with Crippen LogP contribution >= 0.6 is 0 Å². The summed E-state index contributed by atoms with van der Waals surface area (Å²) in [5.74, 6) is 0.791. The van der Waals surface area contributed by atoms with Gasteiger partial charge in [0.25, 0.3) is 0 Å². The summed E-state index contributed by atoms with van der Waals surface area (Å²) in [5, 5.41) is 11.2. The van der Waals surface area contributed by atoms with E-state index in [0.29, 0.717) is 37.1 Å². The molecule has 2 amide bonds. The van der Waals surface area contributed by atoms with Crippen molar-refractivity contribution in [1.29, 1.82) is 0 Å². The lowest BCUT2D eigenvalue weighted by Gasteiger charge is -2.11. The van der Waals surface area contributed by atoms with Crippen LogP contribution in [0, 0.1) is 6.92 Å². The van der Waals surface area contributed by atoms with E-state index in [1.807, 2.05) is 13.8 Å². The van der Waals surface area contributed by atoms with Crippen LogP contribution in [-0.2, 0) is 0 Å². The lowest BCUT2D eigenvalue weighted by molar-refractivity contribution is -0.274. The monoisotopic (exact) mass is 398 g/mol. The first-order valence-electron chi connectivity index (χ1n) is 8.49. The van der Waals surface area contributed by atoms with Gasteiger partial charge in [-0.1, -0.05) is 0 Å². The minimum Gasteiger partial charge on any atom is -0.406 e. The average molecular weight is 398 g/mol. The van der Waals surface area contributed by atoms with E-state index in [1.54, 1.807) is 6.07 Å². The predicted molar refractivity (Wildman–Crippen MR) is 99.6 cm³/mol. The Kier molecular flexibility index (Phi) is 7.24. The first-order chi connectivity index (χ1) is 13.2. The summed E-state index contributed by atoms with van der Waals surface area (Å²) in [4.78, 5) is 20.4. The zero-order valence-corrected chi connectivity index (χ0v) is 15.4. The number of benzene rings is 1. The maximum Gasteiger partial charge on any atom is 0.573 e. The van der Waals surface area contributed by atoms with Crippen LogP contribution < -0.4 is 26.0 Å². The minimum atomic E-state index is -4.76. The smallest absolute Gasteiger partial charge is 0.406 e. The van der Waals surface area contributed by atoms with Crippen LogP contribution in [0.15, 0.2) is 30.3 Å². The van der Waals surface area contributed by atoms with Crippen LogP contribution in [-0.4, -0.2) is 42.0 Å². The highest BCUT2D eigenvalue weighted by atomic mass is 19.4. The fraction of sp³-hybridized carbons (Fsp3) is 0.353. The molecule has 0 radical (unpaired) electrons. The summed E-state index contributed by atoms with van der Waals surface area (Å²) in [6.07, 6.45) is -4.76. The third-order valence-corrected chi connectivity index (χ3v) is 3.25. The molecule has 0 spiro atoms. The van der Waals surface area contributed by atoms with Crippen molar-refractivity contribution in [2.75, 3.05) is 35.6 Å². The van der Waals surface area contributed by atoms with E-state index in [2.05, 4.69) is 36.0 Å². The number of aromatic nitrogens is 2. The first-order valence-corrected chi connectivity index (χ1v) is 8.49. The van der Waals surface area contributed by atoms with Gasteiger partial charge in [0.15, 0.2) is 0 Å². The van der Waals surface area contributed by atoms with Crippen LogP contribution in [0.5, 0.6) is 5.75 Å². The number of hydrogen-bond donors (Lipinski definition) is 4. The van der Waals surface area contributed by atoms with Crippen molar-refractivity contribution in [3.63, 3.8) is 0 Å². The summed E-state index contributed by atoms with van der Waals surface area (Å²) in [6, 6.07) is 6.15. The Bertz CT molecular complexity index is 783. The molecule has 1 aromatic carbocycles. The number of nitrogens with zero attached hydrogens (tertiary/aromatic N) is 2. The Morgan fingerprint density at radius 1 is 1.11 bits per heavy atom. The molecule has 1 aromatic heterocycles. The van der Waals surface area contributed by atoms with Gasteiger partial charge < -0.3 is 26.0 Å². The molecule has 0 aliphatic carbocycles. The fourth-order valence-electron chi connectivity index (χ4n) is 2.18. The molecular formula is C17H21F3N6O2. The molecule has 152 valence electrons. The van der Waals surface area contributed by atoms with Gasteiger partial charge in [-0.2, -0.15) is 4.98 Å². The van der Waals surface area contributed by atoms with Gasteiger partial charge in [0, 0.05) is 37.1 Å². The number of carbonyl (C=O) groups excluding carboxylic acids is 1. The molecule has 0 fully saturated rings. The Morgan fingerprint density at radius 3 is 2.46 bits per heavy atom. The van der Waals surface area contributed by atoms with Crippen LogP contribution in [0.1, 0.15) is 12.6 Å². The lowest BCUT2D eigenvalue weighted by Crippen LogP contribution is -2.32. The SMILES string of the molecule is CCNc1nc(C)cc(NCCNC(=O)Nc2ccc(OC(F)(F)F)cc2)n1. The Hall–Kier alpha value is -3.24. The number of alkyl halides is 3. The largest absolute Gasteiger partial charge is 0.573 e. The number of urea groups is 1. The highest BCUT2D eigenvalue weighted by Crippen LogP contribution is 2.23. The van der Waals surface area contributed by atoms with Crippen LogP contribution in [0.3, 0.4) is 0 Å². The highest BCUT2D eigenvalue weighted by Gasteiger charge is 2.30. The number of anilines is 3. The molecule has 11 heteroatoms. The van der Waals surface area contributed by atoms with Crippen molar-refractivity contribution in [2.24, 2.45) is 0 Å². The fourth-order valence-corrected chi connectivity index (χ4v) is 2.18. The number of ether oxygens (including phenoxy) is 1. The first kappa shape index (κ1) is 21.1. The zero-order chi connectivity index (χ0) is 20.6. The minimum absolute atomic E-state index is 0.306. The maximum atomic E-state index is 12.1. The molecule has 2 rings (SSSR count). The average Bonchev–Trinajstić information content (AvgIpc) is 2.59. The van der Waals surface area contributed by atoms with Gasteiger partial charge in [0.1, 0.15) is 11.6 Å². The molecule has 1 heterocycles. The van der Waals surface area contributed by atoms with E-state index >= 15 is 0 Å². The van der Waals surface area contributed by atoms with Crippen LogP contribution in [0.2, 0.25) is 0 Å². The molecule has 0 aliphatic rings. The van der Waals surface area contributed by atoms with Crippen molar-refractivity contribution >= 4 is 23.5 Å². The van der Waals surface area contributed by atoms with Gasteiger partial charge in [-0.15, -0.1) is 13.2 Å². The Labute approximate surface area is 159 Å². The van der Waals surface area contributed by atoms with Gasteiger partial charge in [0.2, 0.25) is 5.95 Å². The number of halogens is 3. The molecule has 28 heavy (non-hydrogen) atoms. The number of hydrogen-bond acceptors (Lipinski definition) is 6. The number of nitrogens with one attached hydrogen (secondary N) is 4. The maximum absolute atomic E-state index is 12.1. The van der Waals surface area contributed by atoms with Crippen molar-refractivity contribution in [1.82, 2.24) is 15.3 Å².